The second-order valence-electron chi connectivity index (χ2n) is 8.90. The standard InChI is InChI=1S/C28H29N3O3S/c1-5-34-28(33)25-22-13-9-10-14-24(22)35-27(25)30-17(2)15-20(19(30)4)16-23-18(3)29-31(26(23)32)21-11-7-6-8-12-21/h6-8,11-12,15-16,29H,3,5,9-10,13-14H2,1-2,4H3/b23-16-. The van der Waals surface area contributed by atoms with Gasteiger partial charge in [-0.2, -0.15) is 0 Å². The Bertz CT molecular complexity index is 1580. The lowest BCUT2D eigenvalue weighted by Crippen LogP contribution is -2.34. The van der Waals surface area contributed by atoms with Crippen molar-refractivity contribution in [2.75, 3.05) is 6.61 Å². The topological polar surface area (TPSA) is 69.0 Å². The van der Waals surface area contributed by atoms with E-state index in [1.807, 2.05) is 57.2 Å². The van der Waals surface area contributed by atoms with Gasteiger partial charge in [0.25, 0.3) is 5.56 Å². The van der Waals surface area contributed by atoms with E-state index in [-0.39, 0.29) is 11.5 Å². The van der Waals surface area contributed by atoms with E-state index in [1.165, 1.54) is 9.56 Å². The number of rotatable bonds is 5. The number of carbonyl (C=O) groups excluding carboxylic acids is 1. The van der Waals surface area contributed by atoms with Gasteiger partial charge in [0, 0.05) is 16.3 Å². The van der Waals surface area contributed by atoms with Crippen LogP contribution in [0.4, 0.5) is 0 Å². The van der Waals surface area contributed by atoms with Crippen molar-refractivity contribution in [3.63, 3.8) is 0 Å². The van der Waals surface area contributed by atoms with Crippen LogP contribution in [0.3, 0.4) is 0 Å². The predicted molar refractivity (Wildman–Crippen MR) is 140 cm³/mol. The molecule has 0 atom stereocenters. The molecule has 0 saturated heterocycles. The molecule has 7 heteroatoms. The molecular weight excluding hydrogens is 458 g/mol. The first-order valence-electron chi connectivity index (χ1n) is 12.0. The van der Waals surface area contributed by atoms with E-state index in [9.17, 15) is 9.59 Å². The van der Waals surface area contributed by atoms with Crippen LogP contribution in [0.1, 0.15) is 57.5 Å². The van der Waals surface area contributed by atoms with Gasteiger partial charge < -0.3 is 9.30 Å². The number of fused-ring (bicyclic) bond motifs is 1. The summed E-state index contributed by atoms with van der Waals surface area (Å²) in [5, 5.41) is 5.08. The van der Waals surface area contributed by atoms with Crippen molar-refractivity contribution >= 4 is 30.0 Å². The van der Waals surface area contributed by atoms with Crippen LogP contribution < -0.4 is 16.1 Å². The first kappa shape index (κ1) is 23.2. The van der Waals surface area contributed by atoms with E-state index in [2.05, 4.69) is 22.3 Å². The molecule has 1 aromatic carbocycles. The highest BCUT2D eigenvalue weighted by atomic mass is 32.1. The Kier molecular flexibility index (Phi) is 6.11. The van der Waals surface area contributed by atoms with Crippen molar-refractivity contribution < 1.29 is 9.53 Å². The fourth-order valence-corrected chi connectivity index (χ4v) is 6.42. The van der Waals surface area contributed by atoms with Gasteiger partial charge in [0.05, 0.1) is 28.4 Å². The minimum Gasteiger partial charge on any atom is -0.462 e. The minimum atomic E-state index is -0.253. The molecule has 0 radical (unpaired) electrons. The van der Waals surface area contributed by atoms with Crippen LogP contribution >= 0.6 is 11.3 Å². The molecule has 0 bridgehead atoms. The highest BCUT2D eigenvalue weighted by molar-refractivity contribution is 7.15. The number of para-hydroxylation sites is 1. The quantitative estimate of drug-likeness (QED) is 0.434. The summed E-state index contributed by atoms with van der Waals surface area (Å²) >= 11 is 1.69. The van der Waals surface area contributed by atoms with E-state index in [0.29, 0.717) is 22.7 Å². The molecule has 0 unspecified atom stereocenters. The average molecular weight is 488 g/mol. The Morgan fingerprint density at radius 3 is 2.69 bits per heavy atom. The zero-order valence-corrected chi connectivity index (χ0v) is 21.1. The Morgan fingerprint density at radius 1 is 1.20 bits per heavy atom. The Morgan fingerprint density at radius 2 is 1.94 bits per heavy atom. The molecule has 3 heterocycles. The monoisotopic (exact) mass is 487 g/mol. The van der Waals surface area contributed by atoms with Crippen LogP contribution in [0, 0.1) is 13.8 Å². The number of nitrogens with zero attached hydrogens (tertiary/aromatic N) is 2. The summed E-state index contributed by atoms with van der Waals surface area (Å²) in [6.07, 6.45) is 6.03. The lowest BCUT2D eigenvalue weighted by atomic mass is 9.95. The molecule has 0 fully saturated rings. The molecule has 6 nitrogen and oxygen atoms in total. The number of aromatic nitrogens is 3. The number of aryl methyl sites for hydroxylation is 2. The zero-order chi connectivity index (χ0) is 24.7. The van der Waals surface area contributed by atoms with Gasteiger partial charge in [-0.25, -0.2) is 9.48 Å². The molecule has 3 aromatic heterocycles. The molecule has 1 aliphatic carbocycles. The molecule has 1 aliphatic rings. The lowest BCUT2D eigenvalue weighted by molar-refractivity contribution is 0.0525. The highest BCUT2D eigenvalue weighted by Gasteiger charge is 2.28. The smallest absolute Gasteiger partial charge is 0.341 e. The van der Waals surface area contributed by atoms with Gasteiger partial charge in [0.1, 0.15) is 5.00 Å². The number of carbonyl (C=O) groups is 1. The summed E-state index contributed by atoms with van der Waals surface area (Å²) < 4.78 is 9.11. The van der Waals surface area contributed by atoms with Crippen molar-refractivity contribution in [2.45, 2.75) is 46.5 Å². The second-order valence-corrected chi connectivity index (χ2v) is 9.98. The van der Waals surface area contributed by atoms with Crippen LogP contribution in [0.2, 0.25) is 0 Å². The number of thiophene rings is 1. The Balaban J connectivity index is 1.66. The van der Waals surface area contributed by atoms with Crippen molar-refractivity contribution in [2.24, 2.45) is 0 Å². The summed E-state index contributed by atoms with van der Waals surface area (Å²) in [7, 11) is 0. The van der Waals surface area contributed by atoms with Crippen LogP contribution in [0.15, 0.2) is 41.2 Å². The van der Waals surface area contributed by atoms with Gasteiger partial charge in [-0.3, -0.25) is 9.89 Å². The number of hydrogen-bond donors (Lipinski definition) is 1. The van der Waals surface area contributed by atoms with Gasteiger partial charge in [-0.05, 0) is 81.9 Å². The summed E-state index contributed by atoms with van der Waals surface area (Å²) in [5.41, 5.74) is 5.35. The van der Waals surface area contributed by atoms with Crippen molar-refractivity contribution in [1.29, 1.82) is 0 Å². The Labute approximate surface area is 207 Å². The molecule has 0 amide bonds. The molecule has 5 rings (SSSR count). The summed E-state index contributed by atoms with van der Waals surface area (Å²) in [6.45, 7) is 10.3. The molecule has 4 aromatic rings. The third kappa shape index (κ3) is 4.00. The number of aromatic amines is 1. The Hall–Kier alpha value is -3.58. The minimum absolute atomic E-state index is 0.148. The maximum absolute atomic E-state index is 13.2. The molecule has 35 heavy (non-hydrogen) atoms. The zero-order valence-electron chi connectivity index (χ0n) is 20.3. The van der Waals surface area contributed by atoms with E-state index in [0.717, 1.165) is 58.9 Å². The number of ether oxygens (including phenoxy) is 1. The number of H-pyrrole nitrogens is 1. The number of benzene rings is 1. The number of esters is 1. The van der Waals surface area contributed by atoms with Crippen molar-refractivity contribution in [3.05, 3.63) is 90.3 Å². The van der Waals surface area contributed by atoms with Gasteiger partial charge in [0.15, 0.2) is 0 Å². The normalized spacial score (nSPS) is 13.7. The molecule has 1 N–H and O–H groups in total. The van der Waals surface area contributed by atoms with Crippen molar-refractivity contribution in [3.8, 4) is 10.7 Å². The summed E-state index contributed by atoms with van der Waals surface area (Å²) in [4.78, 5) is 27.5. The van der Waals surface area contributed by atoms with Gasteiger partial charge in [0.2, 0.25) is 0 Å². The first-order valence-corrected chi connectivity index (χ1v) is 12.8. The largest absolute Gasteiger partial charge is 0.462 e. The molecule has 0 spiro atoms. The van der Waals surface area contributed by atoms with E-state index >= 15 is 0 Å². The van der Waals surface area contributed by atoms with Crippen LogP contribution in [-0.4, -0.2) is 26.9 Å². The fraction of sp³-hybridized carbons (Fsp3) is 0.286. The summed E-state index contributed by atoms with van der Waals surface area (Å²) in [6, 6.07) is 11.5. The van der Waals surface area contributed by atoms with E-state index in [4.69, 9.17) is 4.74 Å². The SMILES string of the molecule is C=c1[nH]n(-c2ccccc2)c(=O)/c1=C\c1cc(C)n(-c2sc3c(c2C(=O)OCC)CCCC3)c1C. The number of nitrogens with one attached hydrogen (secondary N) is 1. The van der Waals surface area contributed by atoms with Gasteiger partial charge >= 0.3 is 5.97 Å². The van der Waals surface area contributed by atoms with Gasteiger partial charge in [-0.15, -0.1) is 11.3 Å². The summed E-state index contributed by atoms with van der Waals surface area (Å²) in [5.74, 6) is -0.253. The van der Waals surface area contributed by atoms with Crippen LogP contribution in [0.5, 0.6) is 0 Å². The lowest BCUT2D eigenvalue weighted by Gasteiger charge is -2.13. The average Bonchev–Trinajstić information content (AvgIpc) is 3.46. The van der Waals surface area contributed by atoms with Crippen LogP contribution in [-0.2, 0) is 17.6 Å². The third-order valence-electron chi connectivity index (χ3n) is 6.63. The molecule has 0 aliphatic heterocycles. The molecule has 180 valence electrons. The van der Waals surface area contributed by atoms with E-state index < -0.39 is 0 Å². The predicted octanol–water partition coefficient (Wildman–Crippen LogP) is 3.93. The third-order valence-corrected chi connectivity index (χ3v) is 7.90. The van der Waals surface area contributed by atoms with Crippen LogP contribution in [0.25, 0.3) is 23.3 Å². The molecule has 0 saturated carbocycles. The first-order chi connectivity index (χ1) is 16.9. The van der Waals surface area contributed by atoms with Crippen molar-refractivity contribution in [1.82, 2.24) is 14.3 Å². The highest BCUT2D eigenvalue weighted by Crippen LogP contribution is 2.39. The van der Waals surface area contributed by atoms with E-state index in [1.54, 1.807) is 11.3 Å². The van der Waals surface area contributed by atoms with Gasteiger partial charge in [-0.1, -0.05) is 24.8 Å². The fourth-order valence-electron chi connectivity index (χ4n) is 4.93. The second kappa shape index (κ2) is 9.23. The number of hydrogen-bond acceptors (Lipinski definition) is 4. The maximum Gasteiger partial charge on any atom is 0.341 e. The maximum atomic E-state index is 13.2. The molecular formula is C28H29N3O3S.